The lowest BCUT2D eigenvalue weighted by Crippen LogP contribution is -2.43. The van der Waals surface area contributed by atoms with E-state index in [0.717, 1.165) is 23.7 Å². The molecule has 0 N–H and O–H groups in total. The summed E-state index contributed by atoms with van der Waals surface area (Å²) in [5.41, 5.74) is 7.64. The summed E-state index contributed by atoms with van der Waals surface area (Å²) in [4.78, 5) is 15.1. The van der Waals surface area contributed by atoms with E-state index in [1.54, 1.807) is 11.3 Å². The molecule has 1 aromatic heterocycles. The van der Waals surface area contributed by atoms with E-state index < -0.39 is 0 Å². The highest BCUT2D eigenvalue weighted by atomic mass is 79.9. The Balaban J connectivity index is 1.21. The quantitative estimate of drug-likeness (QED) is 0.391. The van der Waals surface area contributed by atoms with Gasteiger partial charge in [-0.2, -0.15) is 11.3 Å². The maximum absolute atomic E-state index is 13.2. The lowest BCUT2D eigenvalue weighted by Gasteiger charge is -2.33. The Morgan fingerprint density at radius 3 is 2.35 bits per heavy atom. The van der Waals surface area contributed by atoms with E-state index in [1.807, 2.05) is 4.90 Å². The second-order valence-electron chi connectivity index (χ2n) is 8.54. The number of thiophene rings is 1. The van der Waals surface area contributed by atoms with Crippen LogP contribution in [-0.4, -0.2) is 29.7 Å². The maximum atomic E-state index is 13.2. The molecule has 3 aromatic rings. The Hall–Kier alpha value is -2.37. The van der Waals surface area contributed by atoms with Gasteiger partial charge in [0.25, 0.3) is 0 Å². The third kappa shape index (κ3) is 3.17. The monoisotopic (exact) mass is 491 g/mol. The fourth-order valence-corrected chi connectivity index (χ4v) is 7.07. The van der Waals surface area contributed by atoms with Crippen LogP contribution in [0.3, 0.4) is 0 Å². The molecular weight excluding hydrogens is 470 g/mol. The van der Waals surface area contributed by atoms with Crippen molar-refractivity contribution in [1.29, 1.82) is 0 Å². The maximum Gasteiger partial charge on any atom is 0.410 e. The van der Waals surface area contributed by atoms with Gasteiger partial charge in [0.1, 0.15) is 6.61 Å². The first kappa shape index (κ1) is 19.3. The first-order valence-electron chi connectivity index (χ1n) is 10.8. The molecule has 2 aromatic carbocycles. The number of carbonyl (C=O) groups is 1. The minimum atomic E-state index is -0.172. The lowest BCUT2D eigenvalue weighted by atomic mass is 9.97. The summed E-state index contributed by atoms with van der Waals surface area (Å²) in [5, 5.41) is 4.31. The number of ether oxygens (including phenoxy) is 1. The largest absolute Gasteiger partial charge is 0.448 e. The zero-order chi connectivity index (χ0) is 20.9. The molecule has 2 aliphatic heterocycles. The topological polar surface area (TPSA) is 29.5 Å². The van der Waals surface area contributed by atoms with Crippen LogP contribution in [0.4, 0.5) is 4.79 Å². The molecule has 2 unspecified atom stereocenters. The van der Waals surface area contributed by atoms with Gasteiger partial charge in [0, 0.05) is 27.4 Å². The van der Waals surface area contributed by atoms with Crippen LogP contribution < -0.4 is 0 Å². The van der Waals surface area contributed by atoms with Crippen molar-refractivity contribution in [2.75, 3.05) is 6.61 Å². The molecule has 3 heterocycles. The molecule has 5 heteroatoms. The first-order chi connectivity index (χ1) is 15.2. The second kappa shape index (κ2) is 7.64. The van der Waals surface area contributed by atoms with Crippen LogP contribution in [0, 0.1) is 0 Å². The van der Waals surface area contributed by atoms with Crippen molar-refractivity contribution in [2.24, 2.45) is 0 Å². The van der Waals surface area contributed by atoms with Crippen LogP contribution in [0.1, 0.15) is 41.9 Å². The van der Waals surface area contributed by atoms with Crippen molar-refractivity contribution >= 4 is 38.9 Å². The van der Waals surface area contributed by atoms with E-state index in [-0.39, 0.29) is 24.1 Å². The molecule has 6 rings (SSSR count). The summed E-state index contributed by atoms with van der Waals surface area (Å²) in [7, 11) is 0. The Bertz CT molecular complexity index is 1150. The van der Waals surface area contributed by atoms with Crippen LogP contribution >= 0.6 is 27.3 Å². The number of amides is 1. The molecule has 1 saturated heterocycles. The average molecular weight is 492 g/mol. The molecule has 2 bridgehead atoms. The lowest BCUT2D eigenvalue weighted by molar-refractivity contribution is 0.0866. The molecule has 3 nitrogen and oxygen atoms in total. The summed E-state index contributed by atoms with van der Waals surface area (Å²) < 4.78 is 7.11. The fraction of sp³-hybridized carbons (Fsp3) is 0.269. The Labute approximate surface area is 194 Å². The van der Waals surface area contributed by atoms with Gasteiger partial charge in [-0.3, -0.25) is 4.90 Å². The van der Waals surface area contributed by atoms with E-state index in [2.05, 4.69) is 81.3 Å². The van der Waals surface area contributed by atoms with Crippen molar-refractivity contribution < 1.29 is 9.53 Å². The number of halogens is 1. The molecule has 0 saturated carbocycles. The van der Waals surface area contributed by atoms with Crippen molar-refractivity contribution in [3.8, 4) is 11.1 Å². The van der Waals surface area contributed by atoms with Gasteiger partial charge in [-0.05, 0) is 68.4 Å². The standard InChI is InChI=1S/C26H22BrNO2S/c27-25-15-31-14-24(25)16-11-17-9-10-18(12-16)28(17)26(29)30-13-23-21-7-3-1-5-19(21)20-6-2-4-8-22(20)23/h1-8,11,14-15,17-18,23H,9-10,12-13H2. The molecule has 1 aliphatic carbocycles. The predicted molar refractivity (Wildman–Crippen MR) is 128 cm³/mol. The molecule has 3 aliphatic rings. The van der Waals surface area contributed by atoms with Crippen molar-refractivity contribution in [3.05, 3.63) is 86.5 Å². The van der Waals surface area contributed by atoms with Gasteiger partial charge >= 0.3 is 6.09 Å². The van der Waals surface area contributed by atoms with Gasteiger partial charge in [-0.25, -0.2) is 4.79 Å². The van der Waals surface area contributed by atoms with Crippen LogP contribution in [0.25, 0.3) is 16.7 Å². The van der Waals surface area contributed by atoms with E-state index in [4.69, 9.17) is 4.74 Å². The summed E-state index contributed by atoms with van der Waals surface area (Å²) in [6, 6.07) is 17.3. The van der Waals surface area contributed by atoms with Crippen LogP contribution in [0.15, 0.2) is 69.8 Å². The number of rotatable bonds is 3. The third-order valence-corrected chi connectivity index (χ3v) is 8.61. The van der Waals surface area contributed by atoms with E-state index in [0.29, 0.717) is 6.61 Å². The van der Waals surface area contributed by atoms with E-state index >= 15 is 0 Å². The highest BCUT2D eigenvalue weighted by Gasteiger charge is 2.41. The van der Waals surface area contributed by atoms with E-state index in [1.165, 1.54) is 33.4 Å². The highest BCUT2D eigenvalue weighted by molar-refractivity contribution is 9.10. The molecule has 156 valence electrons. The molecule has 2 atom stereocenters. The zero-order valence-electron chi connectivity index (χ0n) is 17.0. The van der Waals surface area contributed by atoms with Gasteiger partial charge in [0.15, 0.2) is 0 Å². The van der Waals surface area contributed by atoms with Crippen molar-refractivity contribution in [3.63, 3.8) is 0 Å². The number of benzene rings is 2. The second-order valence-corrected chi connectivity index (χ2v) is 10.1. The fourth-order valence-electron chi connectivity index (χ4n) is 5.49. The zero-order valence-corrected chi connectivity index (χ0v) is 19.4. The first-order valence-corrected chi connectivity index (χ1v) is 12.5. The summed E-state index contributed by atoms with van der Waals surface area (Å²) in [6.07, 6.45) is 5.05. The number of nitrogens with zero attached hydrogens (tertiary/aromatic N) is 1. The van der Waals surface area contributed by atoms with Crippen LogP contribution in [0.2, 0.25) is 0 Å². The highest BCUT2D eigenvalue weighted by Crippen LogP contribution is 2.45. The molecule has 0 spiro atoms. The molecule has 31 heavy (non-hydrogen) atoms. The minimum Gasteiger partial charge on any atom is -0.448 e. The average Bonchev–Trinajstić information content (AvgIpc) is 3.44. The normalized spacial score (nSPS) is 21.6. The van der Waals surface area contributed by atoms with Crippen LogP contribution in [-0.2, 0) is 4.74 Å². The summed E-state index contributed by atoms with van der Waals surface area (Å²) in [5.74, 6) is 0.103. The van der Waals surface area contributed by atoms with Crippen molar-refractivity contribution in [1.82, 2.24) is 4.90 Å². The van der Waals surface area contributed by atoms with Gasteiger partial charge < -0.3 is 4.74 Å². The number of carbonyl (C=O) groups excluding carboxylic acids is 1. The molecule has 1 fully saturated rings. The molecule has 1 amide bonds. The predicted octanol–water partition coefficient (Wildman–Crippen LogP) is 7.08. The summed E-state index contributed by atoms with van der Waals surface area (Å²) in [6.45, 7) is 0.384. The summed E-state index contributed by atoms with van der Waals surface area (Å²) >= 11 is 5.37. The Kier molecular flexibility index (Phi) is 4.77. The molecule has 0 radical (unpaired) electrons. The van der Waals surface area contributed by atoms with Crippen molar-refractivity contribution in [2.45, 2.75) is 37.3 Å². The number of hydrogen-bond acceptors (Lipinski definition) is 3. The van der Waals surface area contributed by atoms with Gasteiger partial charge in [-0.1, -0.05) is 54.6 Å². The SMILES string of the molecule is O=C(OCC1c2ccccc2-c2ccccc21)N1C2C=C(c3cscc3Br)CC1CC2. The number of fused-ring (bicyclic) bond motifs is 5. The van der Waals surface area contributed by atoms with Crippen LogP contribution in [0.5, 0.6) is 0 Å². The van der Waals surface area contributed by atoms with E-state index in [9.17, 15) is 4.79 Å². The minimum absolute atomic E-state index is 0.103. The van der Waals surface area contributed by atoms with Gasteiger partial charge in [0.2, 0.25) is 0 Å². The number of hydrogen-bond donors (Lipinski definition) is 0. The smallest absolute Gasteiger partial charge is 0.410 e. The van der Waals surface area contributed by atoms with Gasteiger partial charge in [0.05, 0.1) is 6.04 Å². The third-order valence-electron chi connectivity index (χ3n) is 6.90. The Morgan fingerprint density at radius 2 is 1.71 bits per heavy atom. The Morgan fingerprint density at radius 1 is 1.00 bits per heavy atom. The van der Waals surface area contributed by atoms with Gasteiger partial charge in [-0.15, -0.1) is 0 Å². The molecular formula is C26H22BrNO2S.